The quantitative estimate of drug-likeness (QED) is 0.138. The summed E-state index contributed by atoms with van der Waals surface area (Å²) in [6.45, 7) is 7.39. The van der Waals surface area contributed by atoms with Crippen molar-refractivity contribution < 1.29 is 33.7 Å². The minimum Gasteiger partial charge on any atom is -0.481 e. The molecule has 1 fully saturated rings. The molecule has 1 saturated carbocycles. The number of aliphatic hydroxyl groups is 2. The van der Waals surface area contributed by atoms with E-state index in [1.54, 1.807) is 58.3 Å². The molecule has 4 rings (SSSR count). The van der Waals surface area contributed by atoms with Crippen LogP contribution in [0, 0.1) is 23.1 Å². The molecule has 1 aliphatic rings. The Kier molecular flexibility index (Phi) is 14.6. The summed E-state index contributed by atoms with van der Waals surface area (Å²) in [5, 5.41) is 31.3. The normalized spacial score (nSPS) is 19.8. The van der Waals surface area contributed by atoms with Gasteiger partial charge in [-0.15, -0.1) is 11.6 Å². The Hall–Kier alpha value is -4.06. The van der Waals surface area contributed by atoms with Gasteiger partial charge in [0, 0.05) is 23.7 Å². The molecule has 0 saturated heterocycles. The Morgan fingerprint density at radius 2 is 1.67 bits per heavy atom. The topological polar surface area (TPSA) is 150 Å². The van der Waals surface area contributed by atoms with Crippen LogP contribution in [0.4, 0.5) is 4.39 Å². The molecular weight excluding hydrogens is 687 g/mol. The summed E-state index contributed by atoms with van der Waals surface area (Å²) < 4.78 is 20.1. The van der Waals surface area contributed by atoms with E-state index in [0.29, 0.717) is 17.9 Å². The number of rotatable bonds is 15. The van der Waals surface area contributed by atoms with Crippen LogP contribution in [-0.2, 0) is 27.2 Å². The van der Waals surface area contributed by atoms with Crippen molar-refractivity contribution in [2.45, 2.75) is 96.6 Å². The predicted molar refractivity (Wildman–Crippen MR) is 199 cm³/mol. The molecule has 0 aliphatic heterocycles. The number of amides is 3. The van der Waals surface area contributed by atoms with E-state index in [1.165, 1.54) is 6.07 Å². The Bertz CT molecular complexity index is 1620. The minimum absolute atomic E-state index is 0.00554. The van der Waals surface area contributed by atoms with Crippen LogP contribution in [0.15, 0.2) is 66.9 Å². The molecule has 0 spiro atoms. The van der Waals surface area contributed by atoms with Gasteiger partial charge < -0.3 is 30.9 Å². The van der Waals surface area contributed by atoms with Gasteiger partial charge in [-0.1, -0.05) is 76.6 Å². The molecule has 7 atom stereocenters. The third-order valence-electron chi connectivity index (χ3n) is 9.85. The molecule has 0 radical (unpaired) electrons. The molecule has 3 aromatic rings. The predicted octanol–water partition coefficient (Wildman–Crippen LogP) is 4.97. The maximum Gasteiger partial charge on any atom is 0.243 e. The van der Waals surface area contributed by atoms with Crippen molar-refractivity contribution >= 4 is 29.3 Å². The second kappa shape index (κ2) is 18.6. The molecule has 1 aromatic heterocycles. The summed E-state index contributed by atoms with van der Waals surface area (Å²) in [4.78, 5) is 44.4. The van der Waals surface area contributed by atoms with Gasteiger partial charge in [0.1, 0.15) is 17.7 Å². The summed E-state index contributed by atoms with van der Waals surface area (Å²) in [5.74, 6) is -2.62. The minimum atomic E-state index is -1.27. The Labute approximate surface area is 310 Å². The second-order valence-electron chi connectivity index (χ2n) is 14.9. The number of hydrogen-bond acceptors (Lipinski definition) is 7. The lowest BCUT2D eigenvalue weighted by molar-refractivity contribution is -0.132. The van der Waals surface area contributed by atoms with E-state index in [9.17, 15) is 29.0 Å². The number of nitrogens with one attached hydrogen (secondary N) is 3. The van der Waals surface area contributed by atoms with Crippen molar-refractivity contribution in [3.63, 3.8) is 0 Å². The van der Waals surface area contributed by atoms with Crippen LogP contribution in [-0.4, -0.2) is 76.2 Å². The van der Waals surface area contributed by atoms with E-state index in [0.717, 1.165) is 29.5 Å². The molecular formula is C40H52ClFN4O6. The lowest BCUT2D eigenvalue weighted by atomic mass is 9.82. The SMILES string of the molecule is COc1ccc(-c2ccc(CC(NC(=O)C(NC(=O)CCl)C(C)(C)C)C(O)CC(Cc3ccccc3F)C(=O)NC3C(C)CCCC3O)cc2)cn1. The number of hydrogen-bond donors (Lipinski definition) is 5. The van der Waals surface area contributed by atoms with Crippen molar-refractivity contribution in [1.29, 1.82) is 0 Å². The molecule has 0 bridgehead atoms. The van der Waals surface area contributed by atoms with Gasteiger partial charge in [0.05, 0.1) is 31.4 Å². The summed E-state index contributed by atoms with van der Waals surface area (Å²) in [7, 11) is 1.55. The smallest absolute Gasteiger partial charge is 0.243 e. The summed E-state index contributed by atoms with van der Waals surface area (Å²) in [5.41, 5.74) is 2.17. The fourth-order valence-corrected chi connectivity index (χ4v) is 6.84. The van der Waals surface area contributed by atoms with E-state index in [4.69, 9.17) is 16.3 Å². The molecule has 3 amide bonds. The number of pyridine rings is 1. The summed E-state index contributed by atoms with van der Waals surface area (Å²) in [6.07, 6.45) is 2.04. The lowest BCUT2D eigenvalue weighted by Crippen LogP contribution is -2.58. The highest BCUT2D eigenvalue weighted by Gasteiger charge is 2.37. The van der Waals surface area contributed by atoms with Gasteiger partial charge in [0.25, 0.3) is 0 Å². The molecule has 1 heterocycles. The number of nitrogens with zero attached hydrogens (tertiary/aromatic N) is 1. The number of halogens is 2. The van der Waals surface area contributed by atoms with Gasteiger partial charge in [-0.2, -0.15) is 0 Å². The first kappa shape index (κ1) is 40.7. The van der Waals surface area contributed by atoms with Gasteiger partial charge in [-0.05, 0) is 72.3 Å². The van der Waals surface area contributed by atoms with Crippen LogP contribution >= 0.6 is 11.6 Å². The fourth-order valence-electron chi connectivity index (χ4n) is 6.76. The number of methoxy groups -OCH3 is 1. The van der Waals surface area contributed by atoms with Crippen LogP contribution in [0.3, 0.4) is 0 Å². The standard InChI is InChI=1S/C40H52ClFN4O6/c1-24-9-8-12-32(47)36(24)46-38(50)29(20-27-10-6-7-11-30(27)42)21-33(48)31(44-39(51)37(40(2,3)4)45-34(49)22-41)19-25-13-15-26(16-14-25)28-17-18-35(52-5)43-23-28/h6-7,10-11,13-18,23-24,29,31-33,36-37,47-48H,8-9,12,19-22H2,1-5H3,(H,44,51)(H,45,49)(H,46,50). The molecule has 282 valence electrons. The Morgan fingerprint density at radius 1 is 0.981 bits per heavy atom. The molecule has 10 nitrogen and oxygen atoms in total. The molecule has 2 aromatic carbocycles. The number of carbonyl (C=O) groups excluding carboxylic acids is 3. The number of alkyl halides is 1. The van der Waals surface area contributed by atoms with Crippen molar-refractivity contribution in [1.82, 2.24) is 20.9 Å². The first-order valence-electron chi connectivity index (χ1n) is 17.8. The van der Waals surface area contributed by atoms with E-state index in [-0.39, 0.29) is 31.1 Å². The van der Waals surface area contributed by atoms with Gasteiger partial charge >= 0.3 is 0 Å². The molecule has 7 unspecified atom stereocenters. The maximum absolute atomic E-state index is 14.9. The Balaban J connectivity index is 1.64. The first-order chi connectivity index (χ1) is 24.7. The van der Waals surface area contributed by atoms with Gasteiger partial charge in [0.2, 0.25) is 23.6 Å². The zero-order valence-corrected chi connectivity index (χ0v) is 31.3. The average molecular weight is 739 g/mol. The van der Waals surface area contributed by atoms with Crippen LogP contribution in [0.2, 0.25) is 0 Å². The van der Waals surface area contributed by atoms with Crippen LogP contribution < -0.4 is 20.7 Å². The summed E-state index contributed by atoms with van der Waals surface area (Å²) in [6, 6.07) is 15.1. The lowest BCUT2D eigenvalue weighted by Gasteiger charge is -2.36. The van der Waals surface area contributed by atoms with E-state index in [1.807, 2.05) is 37.3 Å². The third-order valence-corrected chi connectivity index (χ3v) is 10.1. The summed E-state index contributed by atoms with van der Waals surface area (Å²) >= 11 is 5.76. The largest absolute Gasteiger partial charge is 0.481 e. The average Bonchev–Trinajstić information content (AvgIpc) is 3.12. The number of benzene rings is 2. The number of carbonyl (C=O) groups is 3. The molecule has 1 aliphatic carbocycles. The van der Waals surface area contributed by atoms with Crippen LogP contribution in [0.5, 0.6) is 5.88 Å². The molecule has 5 N–H and O–H groups in total. The van der Waals surface area contributed by atoms with E-state index >= 15 is 0 Å². The number of aromatic nitrogens is 1. The maximum atomic E-state index is 14.9. The van der Waals surface area contributed by atoms with Crippen molar-refractivity contribution in [3.05, 3.63) is 83.8 Å². The first-order valence-corrected chi connectivity index (χ1v) is 18.4. The van der Waals surface area contributed by atoms with Crippen molar-refractivity contribution in [3.8, 4) is 17.0 Å². The monoisotopic (exact) mass is 738 g/mol. The third kappa shape index (κ3) is 11.2. The van der Waals surface area contributed by atoms with E-state index < -0.39 is 65.2 Å². The number of ether oxygens (including phenoxy) is 1. The van der Waals surface area contributed by atoms with E-state index in [2.05, 4.69) is 20.9 Å². The van der Waals surface area contributed by atoms with Crippen LogP contribution in [0.25, 0.3) is 11.1 Å². The van der Waals surface area contributed by atoms with Gasteiger partial charge in [-0.25, -0.2) is 9.37 Å². The highest BCUT2D eigenvalue weighted by molar-refractivity contribution is 6.27. The molecule has 12 heteroatoms. The zero-order valence-electron chi connectivity index (χ0n) is 30.6. The van der Waals surface area contributed by atoms with Gasteiger partial charge in [0.15, 0.2) is 0 Å². The second-order valence-corrected chi connectivity index (χ2v) is 15.2. The highest BCUT2D eigenvalue weighted by Crippen LogP contribution is 2.28. The number of aliphatic hydroxyl groups excluding tert-OH is 2. The molecule has 52 heavy (non-hydrogen) atoms. The Morgan fingerprint density at radius 3 is 2.27 bits per heavy atom. The van der Waals surface area contributed by atoms with Gasteiger partial charge in [-0.3, -0.25) is 14.4 Å². The highest BCUT2D eigenvalue weighted by atomic mass is 35.5. The fraction of sp³-hybridized carbons (Fsp3) is 0.500. The van der Waals surface area contributed by atoms with Crippen LogP contribution in [0.1, 0.15) is 64.5 Å². The zero-order chi connectivity index (χ0) is 38.0. The van der Waals surface area contributed by atoms with Crippen molar-refractivity contribution in [2.75, 3.05) is 13.0 Å². The van der Waals surface area contributed by atoms with Crippen molar-refractivity contribution in [2.24, 2.45) is 17.3 Å².